The molecule has 4 rings (SSSR count). The Balaban J connectivity index is 1.26. The van der Waals surface area contributed by atoms with Gasteiger partial charge in [-0.15, -0.1) is 0 Å². The van der Waals surface area contributed by atoms with E-state index in [2.05, 4.69) is 17.4 Å². The van der Waals surface area contributed by atoms with Crippen molar-refractivity contribution in [1.82, 2.24) is 10.3 Å². The molecule has 2 N–H and O–H groups in total. The first-order valence-electron chi connectivity index (χ1n) is 12.1. The van der Waals surface area contributed by atoms with Crippen molar-refractivity contribution < 1.29 is 19.4 Å². The van der Waals surface area contributed by atoms with Crippen LogP contribution in [-0.4, -0.2) is 34.6 Å². The Morgan fingerprint density at radius 3 is 2.44 bits per heavy atom. The van der Waals surface area contributed by atoms with Crippen LogP contribution >= 0.6 is 23.2 Å². The number of pyridine rings is 1. The molecule has 0 bridgehead atoms. The fourth-order valence-electron chi connectivity index (χ4n) is 4.29. The molecule has 6 nitrogen and oxygen atoms in total. The summed E-state index contributed by atoms with van der Waals surface area (Å²) in [4.78, 5) is 29.1. The Morgan fingerprint density at radius 2 is 1.72 bits per heavy atom. The van der Waals surface area contributed by atoms with Crippen molar-refractivity contribution in [3.8, 4) is 5.75 Å². The first-order valence-corrected chi connectivity index (χ1v) is 12.8. The van der Waals surface area contributed by atoms with Gasteiger partial charge in [-0.3, -0.25) is 9.78 Å². The molecule has 1 aromatic heterocycles. The van der Waals surface area contributed by atoms with Crippen LogP contribution in [0, 0.1) is 0 Å². The summed E-state index contributed by atoms with van der Waals surface area (Å²) in [6.45, 7) is 0.564. The summed E-state index contributed by atoms with van der Waals surface area (Å²) in [5, 5.41) is 12.7. The number of fused-ring (bicyclic) bond motifs is 1. The van der Waals surface area contributed by atoms with Crippen LogP contribution in [0.2, 0.25) is 10.0 Å². The van der Waals surface area contributed by atoms with Crippen LogP contribution in [0.5, 0.6) is 5.75 Å². The van der Waals surface area contributed by atoms with Gasteiger partial charge in [0, 0.05) is 33.4 Å². The van der Waals surface area contributed by atoms with E-state index in [9.17, 15) is 14.7 Å². The number of carboxylic acids is 1. The van der Waals surface area contributed by atoms with E-state index in [0.717, 1.165) is 36.9 Å². The number of carbonyl (C=O) groups is 2. The van der Waals surface area contributed by atoms with E-state index in [1.165, 1.54) is 42.3 Å². The van der Waals surface area contributed by atoms with Crippen molar-refractivity contribution in [2.45, 2.75) is 51.0 Å². The summed E-state index contributed by atoms with van der Waals surface area (Å²) >= 11 is 11.9. The topological polar surface area (TPSA) is 88.5 Å². The van der Waals surface area contributed by atoms with Crippen molar-refractivity contribution in [2.75, 3.05) is 6.61 Å². The number of nitrogens with zero attached hydrogens (tertiary/aromatic N) is 1. The van der Waals surface area contributed by atoms with Crippen LogP contribution in [0.3, 0.4) is 0 Å². The molecule has 2 aromatic carbocycles. The SMILES string of the molecule is O=C(N[C@@H](Cc1ccc(OCCCc2ccc3c(n2)CCCC3)cc1)C(=O)O)c1cc(Cl)cc(Cl)c1. The summed E-state index contributed by atoms with van der Waals surface area (Å²) in [5.41, 5.74) is 4.71. The van der Waals surface area contributed by atoms with E-state index in [-0.39, 0.29) is 12.0 Å². The molecule has 1 aliphatic rings. The number of hydrogen-bond acceptors (Lipinski definition) is 4. The van der Waals surface area contributed by atoms with Gasteiger partial charge in [-0.2, -0.15) is 0 Å². The minimum atomic E-state index is -1.13. The maximum atomic E-state index is 12.5. The van der Waals surface area contributed by atoms with Crippen molar-refractivity contribution in [2.24, 2.45) is 0 Å². The fourth-order valence-corrected chi connectivity index (χ4v) is 4.82. The molecule has 1 heterocycles. The summed E-state index contributed by atoms with van der Waals surface area (Å²) in [5.74, 6) is -0.977. The van der Waals surface area contributed by atoms with Crippen LogP contribution in [0.25, 0.3) is 0 Å². The van der Waals surface area contributed by atoms with Gasteiger partial charge in [0.25, 0.3) is 5.91 Å². The maximum Gasteiger partial charge on any atom is 0.326 e. The van der Waals surface area contributed by atoms with Crippen LogP contribution in [0.4, 0.5) is 0 Å². The molecule has 36 heavy (non-hydrogen) atoms. The Bertz CT molecular complexity index is 1210. The van der Waals surface area contributed by atoms with Crippen LogP contribution in [0.1, 0.15) is 52.1 Å². The lowest BCUT2D eigenvalue weighted by molar-refractivity contribution is -0.139. The summed E-state index contributed by atoms with van der Waals surface area (Å²) in [7, 11) is 0. The predicted octanol–water partition coefficient (Wildman–Crippen LogP) is 5.70. The zero-order valence-electron chi connectivity index (χ0n) is 19.8. The number of carbonyl (C=O) groups excluding carboxylic acids is 1. The lowest BCUT2D eigenvalue weighted by Crippen LogP contribution is -2.42. The number of benzene rings is 2. The molecular weight excluding hydrogens is 499 g/mol. The third-order valence-electron chi connectivity index (χ3n) is 6.17. The van der Waals surface area contributed by atoms with Crippen molar-refractivity contribution in [1.29, 1.82) is 0 Å². The highest BCUT2D eigenvalue weighted by molar-refractivity contribution is 6.35. The van der Waals surface area contributed by atoms with E-state index < -0.39 is 17.9 Å². The second kappa shape index (κ2) is 12.2. The summed E-state index contributed by atoms with van der Waals surface area (Å²) < 4.78 is 5.85. The lowest BCUT2D eigenvalue weighted by Gasteiger charge is -2.16. The van der Waals surface area contributed by atoms with Gasteiger partial charge in [0.1, 0.15) is 11.8 Å². The second-order valence-corrected chi connectivity index (χ2v) is 9.81. The molecule has 0 saturated carbocycles. The average molecular weight is 527 g/mol. The standard InChI is InChI=1S/C28H28Cl2N2O4/c29-21-15-20(16-22(30)17-21)27(33)32-26(28(34)35)14-18-7-11-24(12-8-18)36-13-3-5-23-10-9-19-4-1-2-6-25(19)31-23/h7-12,15-17,26H,1-6,13-14H2,(H,32,33)(H,34,35)/t26-/m0/s1. The molecule has 1 aliphatic carbocycles. The molecule has 8 heteroatoms. The number of aliphatic carboxylic acids is 1. The van der Waals surface area contributed by atoms with E-state index in [4.69, 9.17) is 32.9 Å². The van der Waals surface area contributed by atoms with Gasteiger partial charge in [-0.1, -0.05) is 41.4 Å². The number of ether oxygens (including phenoxy) is 1. The zero-order chi connectivity index (χ0) is 25.5. The Hall–Kier alpha value is -3.09. The smallest absolute Gasteiger partial charge is 0.326 e. The van der Waals surface area contributed by atoms with Gasteiger partial charge < -0.3 is 15.2 Å². The molecule has 0 unspecified atom stereocenters. The van der Waals surface area contributed by atoms with E-state index >= 15 is 0 Å². The molecule has 188 valence electrons. The van der Waals surface area contributed by atoms with Gasteiger partial charge in [0.15, 0.2) is 0 Å². The number of aromatic nitrogens is 1. The second-order valence-electron chi connectivity index (χ2n) is 8.94. The monoisotopic (exact) mass is 526 g/mol. The Labute approximate surface area is 220 Å². The molecule has 0 aliphatic heterocycles. The van der Waals surface area contributed by atoms with E-state index in [1.807, 2.05) is 12.1 Å². The van der Waals surface area contributed by atoms with Gasteiger partial charge in [-0.25, -0.2) is 4.79 Å². The first-order chi connectivity index (χ1) is 17.4. The highest BCUT2D eigenvalue weighted by atomic mass is 35.5. The number of aryl methyl sites for hydroxylation is 3. The largest absolute Gasteiger partial charge is 0.494 e. The number of halogens is 2. The van der Waals surface area contributed by atoms with E-state index in [1.54, 1.807) is 12.1 Å². The minimum absolute atomic E-state index is 0.125. The lowest BCUT2D eigenvalue weighted by atomic mass is 9.95. The van der Waals surface area contributed by atoms with Crippen LogP contribution in [0.15, 0.2) is 54.6 Å². The number of rotatable bonds is 10. The first kappa shape index (κ1) is 26.0. The molecule has 3 aromatic rings. The Kier molecular flexibility index (Phi) is 8.83. The number of nitrogens with one attached hydrogen (secondary N) is 1. The fraction of sp³-hybridized carbons (Fsp3) is 0.321. The molecule has 0 fully saturated rings. The maximum absolute atomic E-state index is 12.5. The number of carboxylic acid groups (broad SMARTS) is 1. The highest BCUT2D eigenvalue weighted by Gasteiger charge is 2.21. The third-order valence-corrected chi connectivity index (χ3v) is 6.61. The minimum Gasteiger partial charge on any atom is -0.494 e. The van der Waals surface area contributed by atoms with Crippen molar-refractivity contribution >= 4 is 35.1 Å². The van der Waals surface area contributed by atoms with Gasteiger partial charge >= 0.3 is 5.97 Å². The average Bonchev–Trinajstić information content (AvgIpc) is 2.86. The van der Waals surface area contributed by atoms with Gasteiger partial charge in [0.05, 0.1) is 6.61 Å². The van der Waals surface area contributed by atoms with E-state index in [0.29, 0.717) is 22.4 Å². The molecule has 1 atom stereocenters. The molecule has 0 radical (unpaired) electrons. The third kappa shape index (κ3) is 7.21. The van der Waals surface area contributed by atoms with Crippen molar-refractivity contribution in [3.63, 3.8) is 0 Å². The van der Waals surface area contributed by atoms with Gasteiger partial charge in [-0.05, 0) is 86.1 Å². The number of hydrogen-bond donors (Lipinski definition) is 2. The molecule has 0 spiro atoms. The predicted molar refractivity (Wildman–Crippen MR) is 140 cm³/mol. The number of amides is 1. The summed E-state index contributed by atoms with van der Waals surface area (Å²) in [6, 6.07) is 14.8. The van der Waals surface area contributed by atoms with Crippen molar-refractivity contribution in [3.05, 3.63) is 92.7 Å². The normalized spacial score (nSPS) is 13.5. The van der Waals surface area contributed by atoms with Crippen LogP contribution in [-0.2, 0) is 30.5 Å². The molecule has 0 saturated heterocycles. The Morgan fingerprint density at radius 1 is 1.00 bits per heavy atom. The summed E-state index contributed by atoms with van der Waals surface area (Å²) in [6.07, 6.45) is 6.53. The van der Waals surface area contributed by atoms with Gasteiger partial charge in [0.2, 0.25) is 0 Å². The molecular formula is C28H28Cl2N2O4. The highest BCUT2D eigenvalue weighted by Crippen LogP contribution is 2.21. The van der Waals surface area contributed by atoms with Crippen LogP contribution < -0.4 is 10.1 Å². The quantitative estimate of drug-likeness (QED) is 0.330. The zero-order valence-corrected chi connectivity index (χ0v) is 21.3. The molecule has 1 amide bonds.